The fraction of sp³-hybridized carbons (Fsp3) is 0.222. The van der Waals surface area contributed by atoms with Crippen molar-refractivity contribution in [2.24, 2.45) is 0 Å². The van der Waals surface area contributed by atoms with Crippen LogP contribution in [0.15, 0.2) is 48.5 Å². The van der Waals surface area contributed by atoms with Crippen LogP contribution >= 0.6 is 0 Å². The molecule has 138 valence electrons. The van der Waals surface area contributed by atoms with E-state index >= 15 is 0 Å². The zero-order valence-corrected chi connectivity index (χ0v) is 14.1. The first-order valence-corrected chi connectivity index (χ1v) is 7.71. The number of amides is 2. The summed E-state index contributed by atoms with van der Waals surface area (Å²) in [5, 5.41) is 4.49. The van der Waals surface area contributed by atoms with Crippen LogP contribution in [0.1, 0.15) is 19.4 Å². The van der Waals surface area contributed by atoms with Crippen LogP contribution in [0.4, 0.5) is 24.5 Å². The van der Waals surface area contributed by atoms with Gasteiger partial charge < -0.3 is 15.4 Å². The summed E-state index contributed by atoms with van der Waals surface area (Å²) >= 11 is 0. The fourth-order valence-corrected chi connectivity index (χ4v) is 2.04. The molecule has 2 aromatic rings. The maximum absolute atomic E-state index is 12.7. The number of anilines is 2. The summed E-state index contributed by atoms with van der Waals surface area (Å²) in [6.45, 7) is 3.74. The third-order valence-electron chi connectivity index (χ3n) is 3.14. The van der Waals surface area contributed by atoms with Crippen molar-refractivity contribution in [2.45, 2.75) is 26.1 Å². The molecule has 0 unspecified atom stereocenters. The van der Waals surface area contributed by atoms with Crippen LogP contribution < -0.4 is 15.4 Å². The Morgan fingerprint density at radius 1 is 0.923 bits per heavy atom. The maximum Gasteiger partial charge on any atom is 0.416 e. The molecule has 2 amide bonds. The molecule has 0 aliphatic heterocycles. The van der Waals surface area contributed by atoms with Crippen LogP contribution in [0, 0.1) is 0 Å². The Kier molecular flexibility index (Phi) is 5.86. The van der Waals surface area contributed by atoms with Crippen molar-refractivity contribution in [2.75, 3.05) is 10.6 Å². The van der Waals surface area contributed by atoms with Gasteiger partial charge in [0.25, 0.3) is 0 Å². The molecule has 0 spiro atoms. The third kappa shape index (κ3) is 5.51. The van der Waals surface area contributed by atoms with E-state index in [1.54, 1.807) is 24.3 Å². The zero-order valence-electron chi connectivity index (χ0n) is 14.1. The predicted octanol–water partition coefficient (Wildman–Crippen LogP) is 4.07. The zero-order chi connectivity index (χ0) is 19.3. The van der Waals surface area contributed by atoms with Crippen LogP contribution in [-0.2, 0) is 15.8 Å². The van der Waals surface area contributed by atoms with E-state index in [0.29, 0.717) is 11.4 Å². The SMILES string of the molecule is CC(C)Oc1ccc(NC(=O)C(=O)Nc2cccc(C(F)(F)F)c2)cc1. The van der Waals surface area contributed by atoms with E-state index in [2.05, 4.69) is 10.6 Å². The molecule has 0 aliphatic rings. The van der Waals surface area contributed by atoms with E-state index in [0.717, 1.165) is 18.2 Å². The molecule has 0 radical (unpaired) electrons. The highest BCUT2D eigenvalue weighted by molar-refractivity contribution is 6.43. The molecule has 0 atom stereocenters. The lowest BCUT2D eigenvalue weighted by Gasteiger charge is -2.11. The summed E-state index contributed by atoms with van der Waals surface area (Å²) in [6, 6.07) is 10.4. The van der Waals surface area contributed by atoms with E-state index in [1.165, 1.54) is 6.07 Å². The highest BCUT2D eigenvalue weighted by Gasteiger charge is 2.30. The highest BCUT2D eigenvalue weighted by atomic mass is 19.4. The average Bonchev–Trinajstić information content (AvgIpc) is 2.55. The molecule has 0 aliphatic carbocycles. The van der Waals surface area contributed by atoms with Gasteiger partial charge in [-0.05, 0) is 56.3 Å². The van der Waals surface area contributed by atoms with Gasteiger partial charge in [0.15, 0.2) is 0 Å². The lowest BCUT2D eigenvalue weighted by Crippen LogP contribution is -2.29. The predicted molar refractivity (Wildman–Crippen MR) is 90.9 cm³/mol. The smallest absolute Gasteiger partial charge is 0.416 e. The van der Waals surface area contributed by atoms with E-state index in [1.807, 2.05) is 13.8 Å². The maximum atomic E-state index is 12.7. The first-order valence-electron chi connectivity index (χ1n) is 7.71. The van der Waals surface area contributed by atoms with Crippen LogP contribution in [0.5, 0.6) is 5.75 Å². The van der Waals surface area contributed by atoms with Gasteiger partial charge in [-0.3, -0.25) is 9.59 Å². The molecule has 2 aromatic carbocycles. The van der Waals surface area contributed by atoms with Gasteiger partial charge in [-0.2, -0.15) is 13.2 Å². The van der Waals surface area contributed by atoms with Crippen molar-refractivity contribution in [3.63, 3.8) is 0 Å². The van der Waals surface area contributed by atoms with Crippen molar-refractivity contribution in [3.8, 4) is 5.75 Å². The standard InChI is InChI=1S/C18H17F3N2O3/c1-11(2)26-15-8-6-13(7-9-15)22-16(24)17(25)23-14-5-3-4-12(10-14)18(19,20)21/h3-11H,1-2H3,(H,22,24)(H,23,25). The monoisotopic (exact) mass is 366 g/mol. The number of nitrogens with one attached hydrogen (secondary N) is 2. The molecule has 2 rings (SSSR count). The lowest BCUT2D eigenvalue weighted by atomic mass is 10.2. The van der Waals surface area contributed by atoms with Crippen LogP contribution in [0.2, 0.25) is 0 Å². The number of alkyl halides is 3. The normalized spacial score (nSPS) is 11.2. The molecular weight excluding hydrogens is 349 g/mol. The number of carbonyl (C=O) groups excluding carboxylic acids is 2. The number of benzene rings is 2. The minimum atomic E-state index is -4.54. The number of carbonyl (C=O) groups is 2. The molecule has 26 heavy (non-hydrogen) atoms. The van der Waals surface area contributed by atoms with Crippen molar-refractivity contribution < 1.29 is 27.5 Å². The Morgan fingerprint density at radius 3 is 2.04 bits per heavy atom. The van der Waals surface area contributed by atoms with Crippen LogP contribution in [0.3, 0.4) is 0 Å². The van der Waals surface area contributed by atoms with E-state index < -0.39 is 23.6 Å². The summed E-state index contributed by atoms with van der Waals surface area (Å²) in [5.74, 6) is -1.47. The van der Waals surface area contributed by atoms with Gasteiger partial charge in [-0.1, -0.05) is 6.07 Å². The van der Waals surface area contributed by atoms with Gasteiger partial charge in [-0.25, -0.2) is 0 Å². The summed E-state index contributed by atoms with van der Waals surface area (Å²) in [6.07, 6.45) is -4.54. The Bertz CT molecular complexity index is 787. The van der Waals surface area contributed by atoms with Crippen molar-refractivity contribution >= 4 is 23.2 Å². The molecule has 0 saturated carbocycles. The molecule has 0 saturated heterocycles. The lowest BCUT2D eigenvalue weighted by molar-refractivity contribution is -0.137. The quantitative estimate of drug-likeness (QED) is 0.802. The summed E-state index contributed by atoms with van der Waals surface area (Å²) in [7, 11) is 0. The first-order chi connectivity index (χ1) is 12.1. The number of rotatable bonds is 4. The van der Waals surface area contributed by atoms with Crippen LogP contribution in [0.25, 0.3) is 0 Å². The molecule has 5 nitrogen and oxygen atoms in total. The Morgan fingerprint density at radius 2 is 1.50 bits per heavy atom. The van der Waals surface area contributed by atoms with Gasteiger partial charge >= 0.3 is 18.0 Å². The molecule has 0 aromatic heterocycles. The second kappa shape index (κ2) is 7.90. The molecule has 0 bridgehead atoms. The highest BCUT2D eigenvalue weighted by Crippen LogP contribution is 2.30. The second-order valence-corrected chi connectivity index (χ2v) is 5.68. The molecule has 0 heterocycles. The molecular formula is C18H17F3N2O3. The average molecular weight is 366 g/mol. The first kappa shape index (κ1) is 19.3. The van der Waals surface area contributed by atoms with Gasteiger partial charge in [0.1, 0.15) is 5.75 Å². The van der Waals surface area contributed by atoms with Crippen molar-refractivity contribution in [3.05, 3.63) is 54.1 Å². The largest absolute Gasteiger partial charge is 0.491 e. The Labute approximate surface area is 148 Å². The van der Waals surface area contributed by atoms with Gasteiger partial charge in [0.05, 0.1) is 11.7 Å². The minimum absolute atomic E-state index is 0.00585. The van der Waals surface area contributed by atoms with Gasteiger partial charge in [0, 0.05) is 11.4 Å². The second-order valence-electron chi connectivity index (χ2n) is 5.68. The minimum Gasteiger partial charge on any atom is -0.491 e. The van der Waals surface area contributed by atoms with Crippen molar-refractivity contribution in [1.29, 1.82) is 0 Å². The van der Waals surface area contributed by atoms with E-state index in [4.69, 9.17) is 4.74 Å². The summed E-state index contributed by atoms with van der Waals surface area (Å²) in [4.78, 5) is 23.7. The van der Waals surface area contributed by atoms with Crippen LogP contribution in [-0.4, -0.2) is 17.9 Å². The van der Waals surface area contributed by atoms with Crippen molar-refractivity contribution in [1.82, 2.24) is 0 Å². The van der Waals surface area contributed by atoms with Gasteiger partial charge in [-0.15, -0.1) is 0 Å². The Balaban J connectivity index is 1.98. The number of hydrogen-bond donors (Lipinski definition) is 2. The van der Waals surface area contributed by atoms with Gasteiger partial charge in [0.2, 0.25) is 0 Å². The summed E-state index contributed by atoms with van der Waals surface area (Å²) in [5.41, 5.74) is -0.692. The molecule has 0 fully saturated rings. The molecule has 8 heteroatoms. The third-order valence-corrected chi connectivity index (χ3v) is 3.14. The Hall–Kier alpha value is -3.03. The van der Waals surface area contributed by atoms with E-state index in [-0.39, 0.29) is 11.8 Å². The number of hydrogen-bond acceptors (Lipinski definition) is 3. The summed E-state index contributed by atoms with van der Waals surface area (Å²) < 4.78 is 43.4. The number of halogens is 3. The number of ether oxygens (including phenoxy) is 1. The molecule has 2 N–H and O–H groups in total. The topological polar surface area (TPSA) is 67.4 Å². The van der Waals surface area contributed by atoms with E-state index in [9.17, 15) is 22.8 Å². The fourth-order valence-electron chi connectivity index (χ4n) is 2.04.